The van der Waals surface area contributed by atoms with Gasteiger partial charge in [0.15, 0.2) is 0 Å². The van der Waals surface area contributed by atoms with Crippen molar-refractivity contribution in [1.29, 1.82) is 0 Å². The molecule has 0 radical (unpaired) electrons. The molecule has 1 unspecified atom stereocenters. The van der Waals surface area contributed by atoms with Gasteiger partial charge in [-0.2, -0.15) is 0 Å². The zero-order chi connectivity index (χ0) is 12.1. The zero-order valence-corrected chi connectivity index (χ0v) is 10.1. The summed E-state index contributed by atoms with van der Waals surface area (Å²) >= 11 is 0. The third kappa shape index (κ3) is 2.84. The number of nitrogens with one attached hydrogen (secondary N) is 1. The Hall–Kier alpha value is -1.39. The van der Waals surface area contributed by atoms with Crippen LogP contribution in [-0.4, -0.2) is 37.6 Å². The Labute approximate surface area is 102 Å². The molecule has 4 nitrogen and oxygen atoms in total. The molecule has 1 N–H and O–H groups in total. The smallest absolute Gasteiger partial charge is 0.238 e. The lowest BCUT2D eigenvalue weighted by Crippen LogP contribution is -2.31. The number of hydrogen-bond donors (Lipinski definition) is 1. The Balaban J connectivity index is 2.03. The third-order valence-corrected chi connectivity index (χ3v) is 2.94. The van der Waals surface area contributed by atoms with Crippen molar-refractivity contribution in [3.05, 3.63) is 35.9 Å². The van der Waals surface area contributed by atoms with E-state index in [1.807, 2.05) is 35.2 Å². The molecule has 1 aliphatic rings. The molecule has 1 fully saturated rings. The van der Waals surface area contributed by atoms with Gasteiger partial charge in [-0.3, -0.25) is 10.1 Å². The average Bonchev–Trinajstić information content (AvgIpc) is 2.73. The number of benzene rings is 1. The SMILES string of the molecule is COCCCN1C(=O)CNC1c1ccccc1. The lowest BCUT2D eigenvalue weighted by Gasteiger charge is -2.24. The molecular weight excluding hydrogens is 216 g/mol. The second kappa shape index (κ2) is 5.80. The number of carbonyl (C=O) groups is 1. The van der Waals surface area contributed by atoms with Crippen LogP contribution in [0.2, 0.25) is 0 Å². The van der Waals surface area contributed by atoms with Crippen LogP contribution in [0.5, 0.6) is 0 Å². The summed E-state index contributed by atoms with van der Waals surface area (Å²) < 4.78 is 5.02. The van der Waals surface area contributed by atoms with Crippen LogP contribution in [0.4, 0.5) is 0 Å². The molecular formula is C13H18N2O2. The van der Waals surface area contributed by atoms with E-state index in [1.54, 1.807) is 7.11 Å². The molecule has 0 spiro atoms. The van der Waals surface area contributed by atoms with Crippen LogP contribution in [-0.2, 0) is 9.53 Å². The van der Waals surface area contributed by atoms with E-state index < -0.39 is 0 Å². The molecule has 17 heavy (non-hydrogen) atoms. The quantitative estimate of drug-likeness (QED) is 0.777. The van der Waals surface area contributed by atoms with Crippen molar-refractivity contribution in [2.75, 3.05) is 26.8 Å². The second-order valence-electron chi connectivity index (χ2n) is 4.13. The summed E-state index contributed by atoms with van der Waals surface area (Å²) in [5.41, 5.74) is 1.13. The lowest BCUT2D eigenvalue weighted by molar-refractivity contribution is -0.128. The number of ether oxygens (including phenoxy) is 1. The van der Waals surface area contributed by atoms with Crippen LogP contribution in [0.25, 0.3) is 0 Å². The summed E-state index contributed by atoms with van der Waals surface area (Å²) in [7, 11) is 1.68. The van der Waals surface area contributed by atoms with Crippen molar-refractivity contribution in [1.82, 2.24) is 10.2 Å². The van der Waals surface area contributed by atoms with Crippen molar-refractivity contribution >= 4 is 5.91 Å². The number of amides is 1. The Morgan fingerprint density at radius 3 is 2.88 bits per heavy atom. The summed E-state index contributed by atoms with van der Waals surface area (Å²) in [5.74, 6) is 0.162. The Bertz CT molecular complexity index is 367. The maximum Gasteiger partial charge on any atom is 0.238 e. The fourth-order valence-electron chi connectivity index (χ4n) is 2.11. The van der Waals surface area contributed by atoms with Gasteiger partial charge in [0.1, 0.15) is 6.17 Å². The van der Waals surface area contributed by atoms with Crippen molar-refractivity contribution in [2.24, 2.45) is 0 Å². The molecule has 1 aromatic carbocycles. The molecule has 0 saturated carbocycles. The zero-order valence-electron chi connectivity index (χ0n) is 10.1. The number of methoxy groups -OCH3 is 1. The molecule has 0 bridgehead atoms. The van der Waals surface area contributed by atoms with E-state index in [1.165, 1.54) is 0 Å². The first-order valence-electron chi connectivity index (χ1n) is 5.89. The molecule has 92 valence electrons. The van der Waals surface area contributed by atoms with Gasteiger partial charge in [-0.05, 0) is 12.0 Å². The molecule has 2 rings (SSSR count). The van der Waals surface area contributed by atoms with Gasteiger partial charge >= 0.3 is 0 Å². The standard InChI is InChI=1S/C13H18N2O2/c1-17-9-5-8-15-12(16)10-14-13(15)11-6-3-2-4-7-11/h2-4,6-7,13-14H,5,8-10H2,1H3. The van der Waals surface area contributed by atoms with E-state index in [0.717, 1.165) is 18.5 Å². The first-order valence-corrected chi connectivity index (χ1v) is 5.89. The number of carbonyl (C=O) groups excluding carboxylic acids is 1. The van der Waals surface area contributed by atoms with Gasteiger partial charge in [0.2, 0.25) is 5.91 Å². The van der Waals surface area contributed by atoms with E-state index in [9.17, 15) is 4.79 Å². The summed E-state index contributed by atoms with van der Waals surface area (Å²) in [4.78, 5) is 13.7. The van der Waals surface area contributed by atoms with Crippen molar-refractivity contribution < 1.29 is 9.53 Å². The first kappa shape index (κ1) is 12.1. The van der Waals surface area contributed by atoms with Gasteiger partial charge < -0.3 is 9.64 Å². The average molecular weight is 234 g/mol. The topological polar surface area (TPSA) is 41.6 Å². The van der Waals surface area contributed by atoms with Gasteiger partial charge in [-0.25, -0.2) is 0 Å². The third-order valence-electron chi connectivity index (χ3n) is 2.94. The highest BCUT2D eigenvalue weighted by Crippen LogP contribution is 2.22. The number of nitrogens with zero attached hydrogens (tertiary/aromatic N) is 1. The number of hydrogen-bond acceptors (Lipinski definition) is 3. The Morgan fingerprint density at radius 2 is 2.18 bits per heavy atom. The van der Waals surface area contributed by atoms with E-state index in [4.69, 9.17) is 4.74 Å². The lowest BCUT2D eigenvalue weighted by atomic mass is 10.1. The van der Waals surface area contributed by atoms with Crippen LogP contribution < -0.4 is 5.32 Å². The summed E-state index contributed by atoms with van der Waals surface area (Å²) in [6.45, 7) is 1.84. The molecule has 1 aromatic rings. The van der Waals surface area contributed by atoms with Crippen molar-refractivity contribution in [3.8, 4) is 0 Å². The van der Waals surface area contributed by atoms with Crippen molar-refractivity contribution in [3.63, 3.8) is 0 Å². The van der Waals surface area contributed by atoms with Gasteiger partial charge in [-0.1, -0.05) is 30.3 Å². The van der Waals surface area contributed by atoms with E-state index in [-0.39, 0.29) is 12.1 Å². The first-order chi connectivity index (χ1) is 8.33. The number of rotatable bonds is 5. The predicted octanol–water partition coefficient (Wildman–Crippen LogP) is 1.15. The molecule has 1 atom stereocenters. The minimum atomic E-state index is 0.0144. The Morgan fingerprint density at radius 1 is 1.41 bits per heavy atom. The minimum Gasteiger partial charge on any atom is -0.385 e. The van der Waals surface area contributed by atoms with Crippen LogP contribution in [0.3, 0.4) is 0 Å². The highest BCUT2D eigenvalue weighted by Gasteiger charge is 2.30. The molecule has 1 amide bonds. The molecule has 1 saturated heterocycles. The molecule has 4 heteroatoms. The van der Waals surface area contributed by atoms with Gasteiger partial charge in [0, 0.05) is 20.3 Å². The van der Waals surface area contributed by atoms with Gasteiger partial charge in [-0.15, -0.1) is 0 Å². The summed E-state index contributed by atoms with van der Waals surface area (Å²) in [5, 5.41) is 3.24. The van der Waals surface area contributed by atoms with Gasteiger partial charge in [0.05, 0.1) is 6.54 Å². The van der Waals surface area contributed by atoms with E-state index in [2.05, 4.69) is 5.32 Å². The Kier molecular flexibility index (Phi) is 4.12. The normalized spacial score (nSPS) is 19.9. The molecule has 1 heterocycles. The van der Waals surface area contributed by atoms with Crippen molar-refractivity contribution in [2.45, 2.75) is 12.6 Å². The second-order valence-corrected chi connectivity index (χ2v) is 4.13. The summed E-state index contributed by atoms with van der Waals surface area (Å²) in [6, 6.07) is 10.1. The molecule has 0 aromatic heterocycles. The highest BCUT2D eigenvalue weighted by atomic mass is 16.5. The monoisotopic (exact) mass is 234 g/mol. The summed E-state index contributed by atoms with van der Waals surface area (Å²) in [6.07, 6.45) is 0.883. The van der Waals surface area contributed by atoms with Crippen LogP contribution in [0.1, 0.15) is 18.2 Å². The van der Waals surface area contributed by atoms with E-state index >= 15 is 0 Å². The largest absolute Gasteiger partial charge is 0.385 e. The molecule has 1 aliphatic heterocycles. The molecule has 0 aliphatic carbocycles. The van der Waals surface area contributed by atoms with E-state index in [0.29, 0.717) is 13.2 Å². The minimum absolute atomic E-state index is 0.0144. The van der Waals surface area contributed by atoms with Crippen LogP contribution >= 0.6 is 0 Å². The van der Waals surface area contributed by atoms with Crippen LogP contribution in [0, 0.1) is 0 Å². The maximum absolute atomic E-state index is 11.8. The fraction of sp³-hybridized carbons (Fsp3) is 0.462. The van der Waals surface area contributed by atoms with Crippen LogP contribution in [0.15, 0.2) is 30.3 Å². The van der Waals surface area contributed by atoms with Gasteiger partial charge in [0.25, 0.3) is 0 Å². The predicted molar refractivity (Wildman–Crippen MR) is 65.4 cm³/mol. The highest BCUT2D eigenvalue weighted by molar-refractivity contribution is 5.80. The maximum atomic E-state index is 11.8. The fourth-order valence-corrected chi connectivity index (χ4v) is 2.11.